The fraction of sp³-hybridized carbons (Fsp3) is 0.533. The largest absolute Gasteiger partial charge is 0.381 e. The lowest BCUT2D eigenvalue weighted by atomic mass is 9.98. The molecule has 1 aromatic carbocycles. The van der Waals surface area contributed by atoms with E-state index in [0.29, 0.717) is 23.6 Å². The van der Waals surface area contributed by atoms with Crippen molar-refractivity contribution in [1.29, 1.82) is 0 Å². The van der Waals surface area contributed by atoms with Crippen molar-refractivity contribution in [2.75, 3.05) is 19.8 Å². The summed E-state index contributed by atoms with van der Waals surface area (Å²) in [5.41, 5.74) is 1.21. The predicted octanol–water partition coefficient (Wildman–Crippen LogP) is 2.68. The van der Waals surface area contributed by atoms with Gasteiger partial charge in [0, 0.05) is 25.3 Å². The predicted molar refractivity (Wildman–Crippen MR) is 71.6 cm³/mol. The number of amides is 1. The van der Waals surface area contributed by atoms with E-state index in [0.717, 1.165) is 26.1 Å². The van der Waals surface area contributed by atoms with Crippen LogP contribution < -0.4 is 5.32 Å². The van der Waals surface area contributed by atoms with Crippen molar-refractivity contribution in [3.63, 3.8) is 0 Å². The topological polar surface area (TPSA) is 38.3 Å². The van der Waals surface area contributed by atoms with Crippen LogP contribution in [0, 0.1) is 18.7 Å². The lowest BCUT2D eigenvalue weighted by molar-refractivity contribution is 0.0514. The minimum atomic E-state index is -0.312. The Labute approximate surface area is 113 Å². The molecule has 4 heteroatoms. The molecule has 0 bridgehead atoms. The molecule has 1 N–H and O–H groups in total. The van der Waals surface area contributed by atoms with E-state index in [1.807, 2.05) is 0 Å². The molecule has 3 nitrogen and oxygen atoms in total. The summed E-state index contributed by atoms with van der Waals surface area (Å²) in [4.78, 5) is 12.0. The third kappa shape index (κ3) is 4.03. The van der Waals surface area contributed by atoms with Gasteiger partial charge in [0.15, 0.2) is 0 Å². The number of ether oxygens (including phenoxy) is 1. The molecule has 1 aliphatic rings. The maximum atomic E-state index is 13.0. The van der Waals surface area contributed by atoms with E-state index in [1.54, 1.807) is 6.92 Å². The quantitative estimate of drug-likeness (QED) is 0.909. The molecule has 19 heavy (non-hydrogen) atoms. The lowest BCUT2D eigenvalue weighted by Gasteiger charge is -2.21. The zero-order valence-corrected chi connectivity index (χ0v) is 11.2. The van der Waals surface area contributed by atoms with Crippen molar-refractivity contribution in [3.05, 3.63) is 35.1 Å². The van der Waals surface area contributed by atoms with Crippen LogP contribution in [0.3, 0.4) is 0 Å². The zero-order valence-electron chi connectivity index (χ0n) is 11.2. The Morgan fingerprint density at radius 2 is 2.37 bits per heavy atom. The summed E-state index contributed by atoms with van der Waals surface area (Å²) < 4.78 is 18.4. The first kappa shape index (κ1) is 14.0. The maximum absolute atomic E-state index is 13.0. The van der Waals surface area contributed by atoms with Crippen LogP contribution in [0.4, 0.5) is 4.39 Å². The normalized spacial score (nSPS) is 19.2. The maximum Gasteiger partial charge on any atom is 0.251 e. The van der Waals surface area contributed by atoms with E-state index in [2.05, 4.69) is 5.32 Å². The molecule has 0 saturated carbocycles. The molecule has 104 valence electrons. The van der Waals surface area contributed by atoms with Crippen molar-refractivity contribution >= 4 is 5.91 Å². The number of aryl methyl sites for hydroxylation is 1. The molecule has 0 aliphatic carbocycles. The van der Waals surface area contributed by atoms with Crippen LogP contribution in [0.25, 0.3) is 0 Å². The fourth-order valence-corrected chi connectivity index (χ4v) is 2.40. The average molecular weight is 265 g/mol. The van der Waals surface area contributed by atoms with Crippen LogP contribution in [0.5, 0.6) is 0 Å². The van der Waals surface area contributed by atoms with Gasteiger partial charge in [0.05, 0.1) is 0 Å². The number of rotatable bonds is 4. The van der Waals surface area contributed by atoms with Gasteiger partial charge in [0.2, 0.25) is 0 Å². The zero-order chi connectivity index (χ0) is 13.7. The molecule has 0 radical (unpaired) electrons. The van der Waals surface area contributed by atoms with Crippen LogP contribution in [-0.2, 0) is 4.74 Å². The molecule has 1 atom stereocenters. The highest BCUT2D eigenvalue weighted by atomic mass is 19.1. The van der Waals surface area contributed by atoms with Gasteiger partial charge >= 0.3 is 0 Å². The van der Waals surface area contributed by atoms with Gasteiger partial charge in [-0.3, -0.25) is 4.79 Å². The van der Waals surface area contributed by atoms with Crippen molar-refractivity contribution in [2.24, 2.45) is 5.92 Å². The summed E-state index contributed by atoms with van der Waals surface area (Å²) in [5, 5.41) is 2.89. The van der Waals surface area contributed by atoms with Gasteiger partial charge in [-0.1, -0.05) is 0 Å². The number of nitrogens with one attached hydrogen (secondary N) is 1. The third-order valence-corrected chi connectivity index (χ3v) is 3.53. The van der Waals surface area contributed by atoms with E-state index in [4.69, 9.17) is 4.74 Å². The minimum Gasteiger partial charge on any atom is -0.381 e. The Kier molecular flexibility index (Phi) is 4.91. The second kappa shape index (κ2) is 6.66. The third-order valence-electron chi connectivity index (χ3n) is 3.53. The SMILES string of the molecule is Cc1cc(F)ccc1C(=O)NCC[C@@H]1CCCOC1. The summed E-state index contributed by atoms with van der Waals surface area (Å²) >= 11 is 0. The summed E-state index contributed by atoms with van der Waals surface area (Å²) in [6.07, 6.45) is 3.22. The van der Waals surface area contributed by atoms with Gasteiger partial charge in [0.25, 0.3) is 5.91 Å². The molecule has 1 heterocycles. The van der Waals surface area contributed by atoms with Crippen LogP contribution in [0.2, 0.25) is 0 Å². The number of halogens is 1. The van der Waals surface area contributed by atoms with Crippen molar-refractivity contribution < 1.29 is 13.9 Å². The van der Waals surface area contributed by atoms with Gasteiger partial charge in [-0.05, 0) is 55.9 Å². The van der Waals surface area contributed by atoms with E-state index in [9.17, 15) is 9.18 Å². The fourth-order valence-electron chi connectivity index (χ4n) is 2.40. The standard InChI is InChI=1S/C15H20FNO2/c1-11-9-13(16)4-5-14(11)15(18)17-7-6-12-3-2-8-19-10-12/h4-5,9,12H,2-3,6-8,10H2,1H3,(H,17,18)/t12-/m0/s1. The minimum absolute atomic E-state index is 0.130. The Bertz CT molecular complexity index is 442. The second-order valence-corrected chi connectivity index (χ2v) is 5.09. The molecule has 1 aliphatic heterocycles. The summed E-state index contributed by atoms with van der Waals surface area (Å²) in [7, 11) is 0. The van der Waals surface area contributed by atoms with Gasteiger partial charge < -0.3 is 10.1 Å². The number of hydrogen-bond donors (Lipinski definition) is 1. The lowest BCUT2D eigenvalue weighted by Crippen LogP contribution is -2.28. The molecule has 0 aromatic heterocycles. The van der Waals surface area contributed by atoms with Gasteiger partial charge in [-0.15, -0.1) is 0 Å². The Morgan fingerprint density at radius 1 is 1.53 bits per heavy atom. The van der Waals surface area contributed by atoms with Gasteiger partial charge in [-0.25, -0.2) is 4.39 Å². The Hall–Kier alpha value is -1.42. The van der Waals surface area contributed by atoms with Gasteiger partial charge in [-0.2, -0.15) is 0 Å². The molecular weight excluding hydrogens is 245 g/mol. The van der Waals surface area contributed by atoms with E-state index in [-0.39, 0.29) is 11.7 Å². The first-order chi connectivity index (χ1) is 9.16. The molecule has 1 saturated heterocycles. The van der Waals surface area contributed by atoms with Crippen molar-refractivity contribution in [2.45, 2.75) is 26.2 Å². The second-order valence-electron chi connectivity index (χ2n) is 5.09. The smallest absolute Gasteiger partial charge is 0.251 e. The van der Waals surface area contributed by atoms with Crippen LogP contribution in [-0.4, -0.2) is 25.7 Å². The van der Waals surface area contributed by atoms with E-state index in [1.165, 1.54) is 24.6 Å². The first-order valence-electron chi connectivity index (χ1n) is 6.79. The Balaban J connectivity index is 1.80. The van der Waals surface area contributed by atoms with Crippen LogP contribution in [0.15, 0.2) is 18.2 Å². The van der Waals surface area contributed by atoms with Crippen LogP contribution >= 0.6 is 0 Å². The van der Waals surface area contributed by atoms with Gasteiger partial charge in [0.1, 0.15) is 5.82 Å². The highest BCUT2D eigenvalue weighted by Gasteiger charge is 2.14. The molecule has 2 rings (SSSR count). The molecular formula is C15H20FNO2. The van der Waals surface area contributed by atoms with E-state index < -0.39 is 0 Å². The summed E-state index contributed by atoms with van der Waals surface area (Å²) in [6, 6.07) is 4.23. The number of carbonyl (C=O) groups is 1. The van der Waals surface area contributed by atoms with Crippen LogP contribution in [0.1, 0.15) is 35.2 Å². The Morgan fingerprint density at radius 3 is 3.05 bits per heavy atom. The van der Waals surface area contributed by atoms with E-state index >= 15 is 0 Å². The number of benzene rings is 1. The highest BCUT2D eigenvalue weighted by Crippen LogP contribution is 2.16. The summed E-state index contributed by atoms with van der Waals surface area (Å²) in [6.45, 7) is 4.04. The average Bonchev–Trinajstić information content (AvgIpc) is 2.39. The first-order valence-corrected chi connectivity index (χ1v) is 6.79. The summed E-state index contributed by atoms with van der Waals surface area (Å²) in [5.74, 6) is 0.103. The van der Waals surface area contributed by atoms with Crippen molar-refractivity contribution in [1.82, 2.24) is 5.32 Å². The molecule has 0 spiro atoms. The van der Waals surface area contributed by atoms with Crippen molar-refractivity contribution in [3.8, 4) is 0 Å². The molecule has 1 aromatic rings. The monoisotopic (exact) mass is 265 g/mol. The molecule has 1 amide bonds. The number of hydrogen-bond acceptors (Lipinski definition) is 2. The number of carbonyl (C=O) groups excluding carboxylic acids is 1. The molecule has 0 unspecified atom stereocenters. The molecule has 1 fully saturated rings. The highest BCUT2D eigenvalue weighted by molar-refractivity contribution is 5.95.